The van der Waals surface area contributed by atoms with Crippen LogP contribution in [0, 0.1) is 5.82 Å². The number of rotatable bonds is 8. The molecule has 0 spiro atoms. The molecule has 1 aromatic carbocycles. The standard InChI is InChI=1S/C15H18FNO4S3/c1-2-10-23(18,19)17-11-14(12-5-7-13(16)8-6-12)24(20,21)15-4-3-9-22-15/h3-9,14,17H,2,10-11H2,1H3/t14-/m0/s1. The summed E-state index contributed by atoms with van der Waals surface area (Å²) in [4.78, 5) is 0. The summed E-state index contributed by atoms with van der Waals surface area (Å²) < 4.78 is 65.0. The van der Waals surface area contributed by atoms with E-state index in [4.69, 9.17) is 0 Å². The second-order valence-electron chi connectivity index (χ2n) is 5.18. The van der Waals surface area contributed by atoms with Gasteiger partial charge in [0.25, 0.3) is 0 Å². The lowest BCUT2D eigenvalue weighted by Crippen LogP contribution is -2.33. The van der Waals surface area contributed by atoms with Gasteiger partial charge in [-0.15, -0.1) is 11.3 Å². The van der Waals surface area contributed by atoms with E-state index in [9.17, 15) is 21.2 Å². The fourth-order valence-corrected chi connectivity index (χ4v) is 6.27. The van der Waals surface area contributed by atoms with Crippen LogP contribution in [0.4, 0.5) is 4.39 Å². The molecule has 0 saturated heterocycles. The highest BCUT2D eigenvalue weighted by Crippen LogP contribution is 2.31. The minimum Gasteiger partial charge on any atom is -0.222 e. The van der Waals surface area contributed by atoms with Crippen molar-refractivity contribution >= 4 is 31.2 Å². The highest BCUT2D eigenvalue weighted by molar-refractivity contribution is 7.93. The van der Waals surface area contributed by atoms with Crippen molar-refractivity contribution < 1.29 is 21.2 Å². The number of nitrogens with one attached hydrogen (secondary N) is 1. The van der Waals surface area contributed by atoms with Crippen molar-refractivity contribution in [2.75, 3.05) is 12.3 Å². The number of thiophene rings is 1. The first-order chi connectivity index (χ1) is 11.3. The Bertz CT molecular complexity index is 860. The van der Waals surface area contributed by atoms with Gasteiger partial charge in [0, 0.05) is 6.54 Å². The first-order valence-electron chi connectivity index (χ1n) is 7.26. The molecule has 24 heavy (non-hydrogen) atoms. The van der Waals surface area contributed by atoms with Crippen LogP contribution in [0.1, 0.15) is 24.2 Å². The van der Waals surface area contributed by atoms with Crippen molar-refractivity contribution in [3.63, 3.8) is 0 Å². The van der Waals surface area contributed by atoms with Crippen LogP contribution in [0.15, 0.2) is 46.0 Å². The minimum absolute atomic E-state index is 0.0812. The largest absolute Gasteiger partial charge is 0.222 e. The molecule has 0 radical (unpaired) electrons. The Balaban J connectivity index is 2.37. The maximum Gasteiger partial charge on any atom is 0.211 e. The Morgan fingerprint density at radius 2 is 1.79 bits per heavy atom. The lowest BCUT2D eigenvalue weighted by molar-refractivity contribution is 0.568. The molecule has 132 valence electrons. The van der Waals surface area contributed by atoms with Gasteiger partial charge >= 0.3 is 0 Å². The number of benzene rings is 1. The van der Waals surface area contributed by atoms with Crippen LogP contribution in [0.3, 0.4) is 0 Å². The molecule has 2 aromatic rings. The number of hydrogen-bond donors (Lipinski definition) is 1. The molecular formula is C15H18FNO4S3. The third kappa shape index (κ3) is 4.62. The van der Waals surface area contributed by atoms with Crippen LogP contribution in [0.2, 0.25) is 0 Å². The van der Waals surface area contributed by atoms with Crippen molar-refractivity contribution in [3.8, 4) is 0 Å². The van der Waals surface area contributed by atoms with Crippen molar-refractivity contribution in [2.45, 2.75) is 22.8 Å². The quantitative estimate of drug-likeness (QED) is 0.750. The average Bonchev–Trinajstić information content (AvgIpc) is 3.04. The van der Waals surface area contributed by atoms with Crippen LogP contribution >= 0.6 is 11.3 Å². The van der Waals surface area contributed by atoms with E-state index in [1.807, 2.05) is 0 Å². The van der Waals surface area contributed by atoms with Gasteiger partial charge < -0.3 is 0 Å². The molecule has 0 aliphatic heterocycles. The van der Waals surface area contributed by atoms with E-state index in [0.29, 0.717) is 12.0 Å². The lowest BCUT2D eigenvalue weighted by Gasteiger charge is -2.18. The molecule has 1 heterocycles. The Labute approximate surface area is 145 Å². The summed E-state index contributed by atoms with van der Waals surface area (Å²) in [5, 5.41) is 0.513. The lowest BCUT2D eigenvalue weighted by atomic mass is 10.1. The third-order valence-corrected chi connectivity index (χ3v) is 8.44. The van der Waals surface area contributed by atoms with Gasteiger partial charge in [-0.3, -0.25) is 0 Å². The predicted molar refractivity (Wildman–Crippen MR) is 92.7 cm³/mol. The van der Waals surface area contributed by atoms with E-state index >= 15 is 0 Å². The van der Waals surface area contributed by atoms with Crippen molar-refractivity contribution in [1.29, 1.82) is 0 Å². The maximum absolute atomic E-state index is 13.1. The summed E-state index contributed by atoms with van der Waals surface area (Å²) in [6.45, 7) is 1.42. The summed E-state index contributed by atoms with van der Waals surface area (Å²) in [5.41, 5.74) is 0.337. The number of hydrogen-bond acceptors (Lipinski definition) is 5. The van der Waals surface area contributed by atoms with Gasteiger partial charge in [0.15, 0.2) is 9.84 Å². The Morgan fingerprint density at radius 3 is 2.33 bits per heavy atom. The van der Waals surface area contributed by atoms with Crippen molar-refractivity contribution in [3.05, 3.63) is 53.2 Å². The molecule has 9 heteroatoms. The molecule has 1 N–H and O–H groups in total. The van der Waals surface area contributed by atoms with E-state index in [1.165, 1.54) is 18.2 Å². The molecule has 1 aromatic heterocycles. The Morgan fingerprint density at radius 1 is 1.12 bits per heavy atom. The summed E-state index contributed by atoms with van der Waals surface area (Å²) >= 11 is 1.06. The SMILES string of the molecule is CCCS(=O)(=O)NC[C@@H](c1ccc(F)cc1)S(=O)(=O)c1cccs1. The van der Waals surface area contributed by atoms with Crippen LogP contribution in [-0.4, -0.2) is 29.1 Å². The summed E-state index contributed by atoms with van der Waals surface area (Å²) in [6.07, 6.45) is 0.425. The summed E-state index contributed by atoms with van der Waals surface area (Å²) in [6, 6.07) is 8.12. The topological polar surface area (TPSA) is 80.3 Å². The first kappa shape index (κ1) is 19.0. The molecule has 0 saturated carbocycles. The molecule has 0 bridgehead atoms. The normalized spacial score (nSPS) is 13.8. The monoisotopic (exact) mass is 391 g/mol. The fourth-order valence-electron chi connectivity index (χ4n) is 2.19. The number of sulfone groups is 1. The van der Waals surface area contributed by atoms with Crippen LogP contribution in [0.5, 0.6) is 0 Å². The molecule has 0 amide bonds. The van der Waals surface area contributed by atoms with Gasteiger partial charge in [-0.2, -0.15) is 0 Å². The van der Waals surface area contributed by atoms with Gasteiger partial charge in [0.1, 0.15) is 15.3 Å². The molecular weight excluding hydrogens is 373 g/mol. The van der Waals surface area contributed by atoms with Crippen molar-refractivity contribution in [1.82, 2.24) is 4.72 Å². The van der Waals surface area contributed by atoms with E-state index < -0.39 is 30.9 Å². The maximum atomic E-state index is 13.1. The van der Waals surface area contributed by atoms with Gasteiger partial charge in [-0.1, -0.05) is 25.1 Å². The molecule has 1 atom stereocenters. The predicted octanol–water partition coefficient (Wildman–Crippen LogP) is 2.73. The third-order valence-electron chi connectivity index (χ3n) is 3.35. The van der Waals surface area contributed by atoms with Crippen molar-refractivity contribution in [2.24, 2.45) is 0 Å². The fraction of sp³-hybridized carbons (Fsp3) is 0.333. The summed E-state index contributed by atoms with van der Waals surface area (Å²) in [7, 11) is -7.35. The minimum atomic E-state index is -3.79. The van der Waals surface area contributed by atoms with Gasteiger partial charge in [-0.25, -0.2) is 25.9 Å². The smallest absolute Gasteiger partial charge is 0.211 e. The van der Waals surface area contributed by atoms with Crippen LogP contribution < -0.4 is 4.72 Å². The Kier molecular flexibility index (Phi) is 6.13. The highest BCUT2D eigenvalue weighted by Gasteiger charge is 2.31. The first-order valence-corrected chi connectivity index (χ1v) is 11.3. The zero-order chi connectivity index (χ0) is 17.8. The van der Waals surface area contributed by atoms with E-state index in [2.05, 4.69) is 4.72 Å². The van der Waals surface area contributed by atoms with E-state index in [-0.39, 0.29) is 16.5 Å². The zero-order valence-electron chi connectivity index (χ0n) is 13.0. The molecule has 0 fully saturated rings. The molecule has 0 aliphatic carbocycles. The zero-order valence-corrected chi connectivity index (χ0v) is 15.4. The Hall–Kier alpha value is -1.29. The highest BCUT2D eigenvalue weighted by atomic mass is 32.2. The second kappa shape index (κ2) is 7.73. The molecule has 2 rings (SSSR count). The molecule has 0 aliphatic rings. The van der Waals surface area contributed by atoms with Crippen LogP contribution in [0.25, 0.3) is 0 Å². The van der Waals surface area contributed by atoms with Gasteiger partial charge in [0.05, 0.1) is 5.75 Å². The number of halogens is 1. The van der Waals surface area contributed by atoms with E-state index in [0.717, 1.165) is 23.5 Å². The molecule has 5 nitrogen and oxygen atoms in total. The second-order valence-corrected chi connectivity index (χ2v) is 10.4. The number of sulfonamides is 1. The average molecular weight is 392 g/mol. The molecule has 0 unspecified atom stereocenters. The van der Waals surface area contributed by atoms with E-state index in [1.54, 1.807) is 18.4 Å². The van der Waals surface area contributed by atoms with Gasteiger partial charge in [-0.05, 0) is 35.6 Å². The van der Waals surface area contributed by atoms with Crippen LogP contribution in [-0.2, 0) is 19.9 Å². The summed E-state index contributed by atoms with van der Waals surface area (Å²) in [5.74, 6) is -0.570. The van der Waals surface area contributed by atoms with Gasteiger partial charge in [0.2, 0.25) is 10.0 Å².